The van der Waals surface area contributed by atoms with E-state index in [4.69, 9.17) is 18.9 Å². The molecule has 1 amide bonds. The Balaban J connectivity index is 2.25. The summed E-state index contributed by atoms with van der Waals surface area (Å²) in [4.78, 5) is 21.6. The molecule has 0 atom stereocenters. The number of carbonyl (C=O) groups is 1. The highest BCUT2D eigenvalue weighted by molar-refractivity contribution is 7.90. The molecule has 1 aromatic rings. The average molecular weight is 462 g/mol. The van der Waals surface area contributed by atoms with Gasteiger partial charge in [0.2, 0.25) is 20.9 Å². The van der Waals surface area contributed by atoms with Crippen molar-refractivity contribution in [2.75, 3.05) is 45.8 Å². The zero-order valence-electron chi connectivity index (χ0n) is 19.5. The van der Waals surface area contributed by atoms with Crippen LogP contribution >= 0.6 is 0 Å². The van der Waals surface area contributed by atoms with Gasteiger partial charge < -0.3 is 23.8 Å². The molecular formula is C20H35N3O7S. The molecule has 0 aliphatic heterocycles. The number of rotatable bonds is 11. The first kappa shape index (κ1) is 27.1. The van der Waals surface area contributed by atoms with Crippen LogP contribution in [0.1, 0.15) is 41.5 Å². The van der Waals surface area contributed by atoms with Crippen molar-refractivity contribution in [2.24, 2.45) is 0 Å². The van der Waals surface area contributed by atoms with E-state index in [2.05, 4.69) is 9.97 Å². The normalized spacial score (nSPS) is 12.5. The van der Waals surface area contributed by atoms with E-state index in [1.165, 1.54) is 12.3 Å². The molecule has 0 aliphatic carbocycles. The van der Waals surface area contributed by atoms with E-state index in [9.17, 15) is 13.2 Å². The predicted molar refractivity (Wildman–Crippen MR) is 115 cm³/mol. The molecule has 31 heavy (non-hydrogen) atoms. The summed E-state index contributed by atoms with van der Waals surface area (Å²) in [5, 5.41) is -0.282. The Morgan fingerprint density at radius 1 is 1.00 bits per heavy atom. The van der Waals surface area contributed by atoms with E-state index < -0.39 is 21.0 Å². The lowest BCUT2D eigenvalue weighted by Crippen LogP contribution is -2.49. The number of hydrogen-bond donors (Lipinski definition) is 0. The molecule has 0 N–H and O–H groups in total. The highest BCUT2D eigenvalue weighted by Gasteiger charge is 2.30. The maximum atomic E-state index is 12.4. The molecule has 0 spiro atoms. The van der Waals surface area contributed by atoms with Crippen LogP contribution < -0.4 is 4.74 Å². The van der Waals surface area contributed by atoms with E-state index in [0.29, 0.717) is 26.4 Å². The van der Waals surface area contributed by atoms with Gasteiger partial charge in [0, 0.05) is 30.6 Å². The van der Waals surface area contributed by atoms with Gasteiger partial charge in [-0.25, -0.2) is 18.2 Å². The minimum Gasteiger partial charge on any atom is -0.475 e. The largest absolute Gasteiger partial charge is 0.475 e. The van der Waals surface area contributed by atoms with Crippen LogP contribution in [0.2, 0.25) is 0 Å². The predicted octanol–water partition coefficient (Wildman–Crippen LogP) is 2.33. The van der Waals surface area contributed by atoms with Crippen molar-refractivity contribution >= 4 is 15.9 Å². The molecule has 0 aromatic carbocycles. The maximum Gasteiger partial charge on any atom is 0.410 e. The van der Waals surface area contributed by atoms with Crippen LogP contribution in [0.4, 0.5) is 4.79 Å². The molecular weight excluding hydrogens is 426 g/mol. The van der Waals surface area contributed by atoms with Gasteiger partial charge >= 0.3 is 6.09 Å². The minimum absolute atomic E-state index is 0.166. The molecule has 11 heteroatoms. The molecule has 1 aromatic heterocycles. The standard InChI is InChI=1S/C20H35N3O7S/c1-19(2,3)23(18(24)30-20(4,5)6)10-11-27-12-13-28-14-15-29-16-8-9-21-17(22-16)31(7,25)26/h8-9H,10-15H2,1-7H3. The monoisotopic (exact) mass is 461 g/mol. The van der Waals surface area contributed by atoms with E-state index in [1.807, 2.05) is 41.5 Å². The van der Waals surface area contributed by atoms with Crippen LogP contribution in [-0.2, 0) is 24.0 Å². The van der Waals surface area contributed by atoms with Gasteiger partial charge in [-0.1, -0.05) is 0 Å². The topological polar surface area (TPSA) is 117 Å². The Kier molecular flexibility index (Phi) is 10.1. The number of hydrogen-bond acceptors (Lipinski definition) is 9. The van der Waals surface area contributed by atoms with Crippen LogP contribution in [0.5, 0.6) is 5.88 Å². The number of sulfone groups is 1. The third-order valence-corrected chi connectivity index (χ3v) is 4.53. The van der Waals surface area contributed by atoms with Gasteiger partial charge in [0.25, 0.3) is 0 Å². The molecule has 178 valence electrons. The Morgan fingerprint density at radius 3 is 2.13 bits per heavy atom. The lowest BCUT2D eigenvalue weighted by molar-refractivity contribution is -0.00957. The van der Waals surface area contributed by atoms with Gasteiger partial charge in [-0.2, -0.15) is 4.98 Å². The summed E-state index contributed by atoms with van der Waals surface area (Å²) in [7, 11) is -3.49. The quantitative estimate of drug-likeness (QED) is 0.361. The number of aromatic nitrogens is 2. The van der Waals surface area contributed by atoms with Crippen molar-refractivity contribution in [3.63, 3.8) is 0 Å². The fourth-order valence-corrected chi connectivity index (χ4v) is 2.79. The summed E-state index contributed by atoms with van der Waals surface area (Å²) in [6.45, 7) is 13.3. The Labute approximate surface area is 185 Å². The number of amides is 1. The Bertz CT molecular complexity index is 802. The second-order valence-corrected chi connectivity index (χ2v) is 10.7. The zero-order chi connectivity index (χ0) is 23.7. The smallest absolute Gasteiger partial charge is 0.410 e. The fourth-order valence-electron chi connectivity index (χ4n) is 2.28. The lowest BCUT2D eigenvalue weighted by atomic mass is 10.1. The first-order valence-corrected chi connectivity index (χ1v) is 11.9. The number of carbonyl (C=O) groups excluding carboxylic acids is 1. The Hall–Kier alpha value is -1.98. The van der Waals surface area contributed by atoms with Crippen molar-refractivity contribution in [3.8, 4) is 5.88 Å². The van der Waals surface area contributed by atoms with E-state index >= 15 is 0 Å². The maximum absolute atomic E-state index is 12.4. The van der Waals surface area contributed by atoms with Crippen LogP contribution in [0, 0.1) is 0 Å². The van der Waals surface area contributed by atoms with Gasteiger partial charge in [0.1, 0.15) is 12.2 Å². The van der Waals surface area contributed by atoms with Crippen LogP contribution in [0.25, 0.3) is 0 Å². The van der Waals surface area contributed by atoms with Crippen molar-refractivity contribution in [1.29, 1.82) is 0 Å². The molecule has 0 radical (unpaired) electrons. The second-order valence-electron chi connectivity index (χ2n) is 8.83. The fraction of sp³-hybridized carbons (Fsp3) is 0.750. The molecule has 0 aliphatic rings. The molecule has 10 nitrogen and oxygen atoms in total. The van der Waals surface area contributed by atoms with E-state index in [-0.39, 0.29) is 30.3 Å². The van der Waals surface area contributed by atoms with Gasteiger partial charge in [-0.15, -0.1) is 0 Å². The highest BCUT2D eigenvalue weighted by atomic mass is 32.2. The second kappa shape index (κ2) is 11.6. The van der Waals surface area contributed by atoms with Crippen molar-refractivity contribution in [2.45, 2.75) is 57.8 Å². The minimum atomic E-state index is -3.49. The molecule has 0 saturated heterocycles. The number of nitrogens with zero attached hydrogens (tertiary/aromatic N) is 3. The summed E-state index contributed by atoms with van der Waals surface area (Å²) in [5.74, 6) is 0.166. The van der Waals surface area contributed by atoms with Crippen molar-refractivity contribution in [3.05, 3.63) is 12.3 Å². The molecule has 0 saturated carbocycles. The summed E-state index contributed by atoms with van der Waals surface area (Å²) in [6, 6.07) is 1.48. The van der Waals surface area contributed by atoms with Gasteiger partial charge in [-0.3, -0.25) is 0 Å². The average Bonchev–Trinajstić information content (AvgIpc) is 2.60. The van der Waals surface area contributed by atoms with Gasteiger partial charge in [-0.05, 0) is 41.5 Å². The first-order valence-electron chi connectivity index (χ1n) is 10.0. The Morgan fingerprint density at radius 2 is 1.58 bits per heavy atom. The summed E-state index contributed by atoms with van der Waals surface area (Å²) >= 11 is 0. The summed E-state index contributed by atoms with van der Waals surface area (Å²) in [6.07, 6.45) is 1.98. The summed E-state index contributed by atoms with van der Waals surface area (Å²) in [5.41, 5.74) is -0.951. The molecule has 0 bridgehead atoms. The molecule has 0 fully saturated rings. The van der Waals surface area contributed by atoms with Gasteiger partial charge in [0.05, 0.1) is 26.4 Å². The SMILES string of the molecule is CC(C)(C)OC(=O)N(CCOCCOCCOc1ccnc(S(C)(=O)=O)n1)C(C)(C)C. The lowest BCUT2D eigenvalue weighted by Gasteiger charge is -2.36. The van der Waals surface area contributed by atoms with Crippen LogP contribution in [0.15, 0.2) is 17.4 Å². The highest BCUT2D eigenvalue weighted by Crippen LogP contribution is 2.18. The molecule has 0 unspecified atom stereocenters. The third-order valence-electron chi connectivity index (χ3n) is 3.67. The molecule has 1 rings (SSSR count). The number of ether oxygens (including phenoxy) is 4. The van der Waals surface area contributed by atoms with E-state index in [1.54, 1.807) is 4.90 Å². The summed E-state index contributed by atoms with van der Waals surface area (Å²) < 4.78 is 44.7. The third kappa shape index (κ3) is 11.3. The van der Waals surface area contributed by atoms with Crippen LogP contribution in [-0.4, -0.2) is 86.4 Å². The zero-order valence-corrected chi connectivity index (χ0v) is 20.3. The van der Waals surface area contributed by atoms with Crippen molar-refractivity contribution < 1.29 is 32.2 Å². The van der Waals surface area contributed by atoms with Gasteiger partial charge in [0.15, 0.2) is 0 Å². The first-order chi connectivity index (χ1) is 14.2. The van der Waals surface area contributed by atoms with Crippen LogP contribution in [0.3, 0.4) is 0 Å². The van der Waals surface area contributed by atoms with E-state index in [0.717, 1.165) is 6.26 Å². The van der Waals surface area contributed by atoms with Crippen molar-refractivity contribution in [1.82, 2.24) is 14.9 Å². The molecule has 1 heterocycles.